The van der Waals surface area contributed by atoms with E-state index in [1.54, 1.807) is 6.07 Å². The lowest BCUT2D eigenvalue weighted by Crippen LogP contribution is -2.13. The van der Waals surface area contributed by atoms with Crippen molar-refractivity contribution >= 4 is 40.1 Å². The summed E-state index contributed by atoms with van der Waals surface area (Å²) in [6, 6.07) is 1.63. The van der Waals surface area contributed by atoms with Gasteiger partial charge in [-0.3, -0.25) is 4.79 Å². The highest BCUT2D eigenvalue weighted by Gasteiger charge is 2.07. The van der Waals surface area contributed by atoms with Crippen molar-refractivity contribution in [1.82, 2.24) is 4.98 Å². The van der Waals surface area contributed by atoms with Crippen LogP contribution in [-0.4, -0.2) is 10.9 Å². The van der Waals surface area contributed by atoms with Crippen molar-refractivity contribution in [3.8, 4) is 0 Å². The summed E-state index contributed by atoms with van der Waals surface area (Å²) in [5.74, 6) is -0.605. The number of carbonyl (C=O) groups is 1. The van der Waals surface area contributed by atoms with E-state index in [0.717, 1.165) is 3.57 Å². The fourth-order valence-electron chi connectivity index (χ4n) is 0.596. The highest BCUT2D eigenvalue weighted by atomic mass is 127. The average Bonchev–Trinajstić information content (AvgIpc) is 1.85. The van der Waals surface area contributed by atoms with Gasteiger partial charge in [0.15, 0.2) is 0 Å². The standard InChI is InChI=1S/C6H4ClIN2O/c7-4-1-3(8)2-10-5(4)6(9)11/h1-2H,(H2,9,11). The van der Waals surface area contributed by atoms with E-state index < -0.39 is 5.91 Å². The summed E-state index contributed by atoms with van der Waals surface area (Å²) < 4.78 is 0.873. The van der Waals surface area contributed by atoms with E-state index in [4.69, 9.17) is 17.3 Å². The van der Waals surface area contributed by atoms with E-state index in [9.17, 15) is 4.79 Å². The molecule has 1 amide bonds. The summed E-state index contributed by atoms with van der Waals surface area (Å²) in [7, 11) is 0. The Morgan fingerprint density at radius 1 is 1.73 bits per heavy atom. The van der Waals surface area contributed by atoms with Gasteiger partial charge in [-0.25, -0.2) is 4.98 Å². The van der Waals surface area contributed by atoms with Crippen LogP contribution in [0.25, 0.3) is 0 Å². The molecule has 0 radical (unpaired) electrons. The van der Waals surface area contributed by atoms with Gasteiger partial charge in [-0.1, -0.05) is 11.6 Å². The van der Waals surface area contributed by atoms with E-state index in [2.05, 4.69) is 4.98 Å². The van der Waals surface area contributed by atoms with E-state index in [1.165, 1.54) is 6.20 Å². The molecule has 0 aromatic carbocycles. The van der Waals surface area contributed by atoms with Crippen molar-refractivity contribution in [3.05, 3.63) is 26.5 Å². The molecular formula is C6H4ClIN2O. The van der Waals surface area contributed by atoms with Crippen LogP contribution in [-0.2, 0) is 0 Å². The molecule has 0 atom stereocenters. The first kappa shape index (κ1) is 8.73. The van der Waals surface area contributed by atoms with Crippen molar-refractivity contribution in [2.75, 3.05) is 0 Å². The van der Waals surface area contributed by atoms with Crippen molar-refractivity contribution in [2.45, 2.75) is 0 Å². The molecule has 1 heterocycles. The van der Waals surface area contributed by atoms with Gasteiger partial charge in [0.05, 0.1) is 5.02 Å². The van der Waals surface area contributed by atoms with Crippen molar-refractivity contribution in [2.24, 2.45) is 5.73 Å². The first-order valence-corrected chi connectivity index (χ1v) is 4.18. The molecule has 5 heteroatoms. The smallest absolute Gasteiger partial charge is 0.268 e. The van der Waals surface area contributed by atoms with Gasteiger partial charge >= 0.3 is 0 Å². The third-order valence-electron chi connectivity index (χ3n) is 1.04. The molecule has 0 saturated heterocycles. The number of aromatic nitrogens is 1. The average molecular weight is 282 g/mol. The molecule has 1 aromatic heterocycles. The monoisotopic (exact) mass is 282 g/mol. The molecule has 0 spiro atoms. The zero-order chi connectivity index (χ0) is 8.43. The predicted molar refractivity (Wildman–Crippen MR) is 50.5 cm³/mol. The third kappa shape index (κ3) is 2.03. The Labute approximate surface area is 82.1 Å². The van der Waals surface area contributed by atoms with Gasteiger partial charge in [0.25, 0.3) is 5.91 Å². The lowest BCUT2D eigenvalue weighted by atomic mass is 10.3. The zero-order valence-electron chi connectivity index (χ0n) is 5.34. The molecule has 2 N–H and O–H groups in total. The molecule has 0 saturated carbocycles. The quantitative estimate of drug-likeness (QED) is 0.792. The Bertz CT molecular complexity index is 303. The second-order valence-corrected chi connectivity index (χ2v) is 3.50. The number of hydrogen-bond donors (Lipinski definition) is 1. The number of halogens is 2. The van der Waals surface area contributed by atoms with Crippen LogP contribution in [0.2, 0.25) is 5.02 Å². The maximum Gasteiger partial charge on any atom is 0.268 e. The van der Waals surface area contributed by atoms with Gasteiger partial charge in [0.1, 0.15) is 5.69 Å². The number of hydrogen-bond acceptors (Lipinski definition) is 2. The molecule has 0 aliphatic heterocycles. The Morgan fingerprint density at radius 2 is 2.36 bits per heavy atom. The molecule has 11 heavy (non-hydrogen) atoms. The normalized spacial score (nSPS) is 9.64. The second kappa shape index (κ2) is 3.36. The Morgan fingerprint density at radius 3 is 2.82 bits per heavy atom. The Kier molecular flexibility index (Phi) is 2.67. The highest BCUT2D eigenvalue weighted by molar-refractivity contribution is 14.1. The number of primary amides is 1. The van der Waals surface area contributed by atoms with Gasteiger partial charge in [0, 0.05) is 9.77 Å². The number of carbonyl (C=O) groups excluding carboxylic acids is 1. The summed E-state index contributed by atoms with van der Waals surface area (Å²) in [4.78, 5) is 14.4. The van der Waals surface area contributed by atoms with Gasteiger partial charge in [-0.05, 0) is 28.7 Å². The van der Waals surface area contributed by atoms with E-state index in [0.29, 0.717) is 5.02 Å². The fourth-order valence-corrected chi connectivity index (χ4v) is 1.49. The molecule has 0 aliphatic rings. The van der Waals surface area contributed by atoms with Crippen LogP contribution in [0.1, 0.15) is 10.5 Å². The highest BCUT2D eigenvalue weighted by Crippen LogP contribution is 2.15. The van der Waals surface area contributed by atoms with Crippen LogP contribution < -0.4 is 5.73 Å². The number of nitrogens with two attached hydrogens (primary N) is 1. The van der Waals surface area contributed by atoms with E-state index in [-0.39, 0.29) is 5.69 Å². The molecule has 3 nitrogen and oxygen atoms in total. The molecule has 58 valence electrons. The minimum Gasteiger partial charge on any atom is -0.364 e. The number of amides is 1. The number of rotatable bonds is 1. The third-order valence-corrected chi connectivity index (χ3v) is 1.92. The summed E-state index contributed by atoms with van der Waals surface area (Å²) >= 11 is 7.70. The van der Waals surface area contributed by atoms with Gasteiger partial charge < -0.3 is 5.73 Å². The lowest BCUT2D eigenvalue weighted by Gasteiger charge is -1.97. The summed E-state index contributed by atoms with van der Waals surface area (Å²) in [5.41, 5.74) is 5.09. The van der Waals surface area contributed by atoms with Crippen LogP contribution >= 0.6 is 34.2 Å². The largest absolute Gasteiger partial charge is 0.364 e. The second-order valence-electron chi connectivity index (χ2n) is 1.85. The zero-order valence-corrected chi connectivity index (χ0v) is 8.26. The molecule has 0 bridgehead atoms. The van der Waals surface area contributed by atoms with Crippen molar-refractivity contribution < 1.29 is 4.79 Å². The summed E-state index contributed by atoms with van der Waals surface area (Å²) in [6.45, 7) is 0. The minimum absolute atomic E-state index is 0.118. The topological polar surface area (TPSA) is 56.0 Å². The summed E-state index contributed by atoms with van der Waals surface area (Å²) in [6.07, 6.45) is 1.53. The SMILES string of the molecule is NC(=O)c1ncc(I)cc1Cl. The first-order valence-electron chi connectivity index (χ1n) is 2.72. The molecule has 0 unspecified atom stereocenters. The lowest BCUT2D eigenvalue weighted by molar-refractivity contribution is 0.0996. The van der Waals surface area contributed by atoms with Crippen molar-refractivity contribution in [3.63, 3.8) is 0 Å². The van der Waals surface area contributed by atoms with Gasteiger partial charge in [-0.15, -0.1) is 0 Å². The van der Waals surface area contributed by atoms with Crippen LogP contribution in [0.15, 0.2) is 12.3 Å². The van der Waals surface area contributed by atoms with Crippen LogP contribution in [0, 0.1) is 3.57 Å². The maximum absolute atomic E-state index is 10.6. The molecule has 1 aromatic rings. The van der Waals surface area contributed by atoms with Crippen molar-refractivity contribution in [1.29, 1.82) is 0 Å². The van der Waals surface area contributed by atoms with Gasteiger partial charge in [0.2, 0.25) is 0 Å². The minimum atomic E-state index is -0.605. The van der Waals surface area contributed by atoms with Crippen LogP contribution in [0.4, 0.5) is 0 Å². The first-order chi connectivity index (χ1) is 5.11. The predicted octanol–water partition coefficient (Wildman–Crippen LogP) is 1.44. The van der Waals surface area contributed by atoms with Gasteiger partial charge in [-0.2, -0.15) is 0 Å². The number of pyridine rings is 1. The Balaban J connectivity index is 3.20. The molecule has 0 aliphatic carbocycles. The van der Waals surface area contributed by atoms with E-state index >= 15 is 0 Å². The molecule has 0 fully saturated rings. The van der Waals surface area contributed by atoms with E-state index in [1.807, 2.05) is 22.6 Å². The van der Waals surface area contributed by atoms with Crippen LogP contribution in [0.3, 0.4) is 0 Å². The Hall–Kier alpha value is -0.360. The molecule has 1 rings (SSSR count). The number of nitrogens with zero attached hydrogens (tertiary/aromatic N) is 1. The molecular weight excluding hydrogens is 278 g/mol. The van der Waals surface area contributed by atoms with Crippen LogP contribution in [0.5, 0.6) is 0 Å². The maximum atomic E-state index is 10.6. The fraction of sp³-hybridized carbons (Fsp3) is 0. The summed E-state index contributed by atoms with van der Waals surface area (Å²) in [5, 5.41) is 0.296.